The molecule has 0 unspecified atom stereocenters. The summed E-state index contributed by atoms with van der Waals surface area (Å²) in [6.07, 6.45) is 0.716. The number of rotatable bonds is 7. The molecule has 2 aromatic rings. The number of aromatic nitrogens is 2. The van der Waals surface area contributed by atoms with Crippen molar-refractivity contribution in [3.63, 3.8) is 0 Å². The number of nitrogens with one attached hydrogen (secondary N) is 1. The van der Waals surface area contributed by atoms with Gasteiger partial charge in [0.15, 0.2) is 17.3 Å². The molecule has 20 heavy (non-hydrogen) atoms. The average molecular weight is 277 g/mol. The zero-order valence-corrected chi connectivity index (χ0v) is 11.7. The smallest absolute Gasteiger partial charge is 0.223 e. The predicted molar refractivity (Wildman–Crippen MR) is 73.7 cm³/mol. The van der Waals surface area contributed by atoms with Gasteiger partial charge in [-0.3, -0.25) is 0 Å². The molecule has 0 amide bonds. The van der Waals surface area contributed by atoms with Crippen molar-refractivity contribution in [3.8, 4) is 11.5 Å². The number of hydrogen-bond donors (Lipinski definition) is 2. The van der Waals surface area contributed by atoms with Gasteiger partial charge in [-0.2, -0.15) is 4.98 Å². The molecule has 0 aliphatic rings. The fraction of sp³-hybridized carbons (Fsp3) is 0.429. The highest BCUT2D eigenvalue weighted by Crippen LogP contribution is 2.26. The van der Waals surface area contributed by atoms with Crippen LogP contribution in [-0.4, -0.2) is 28.4 Å². The Balaban J connectivity index is 1.80. The maximum absolute atomic E-state index is 9.62. The highest BCUT2D eigenvalue weighted by molar-refractivity contribution is 5.41. The molecule has 0 fully saturated rings. The molecule has 2 rings (SSSR count). The molecule has 6 heteroatoms. The van der Waals surface area contributed by atoms with Gasteiger partial charge in [-0.25, -0.2) is 0 Å². The van der Waals surface area contributed by atoms with Crippen LogP contribution in [0.1, 0.15) is 24.2 Å². The van der Waals surface area contributed by atoms with Crippen molar-refractivity contribution in [2.24, 2.45) is 0 Å². The van der Waals surface area contributed by atoms with Crippen molar-refractivity contribution in [2.45, 2.75) is 26.8 Å². The van der Waals surface area contributed by atoms with Gasteiger partial charge in [-0.05, 0) is 24.6 Å². The quantitative estimate of drug-likeness (QED) is 0.751. The summed E-state index contributed by atoms with van der Waals surface area (Å²) in [6.45, 7) is 5.63. The Bertz CT molecular complexity index is 554. The third-order valence-electron chi connectivity index (χ3n) is 2.75. The monoisotopic (exact) mass is 277 g/mol. The topological polar surface area (TPSA) is 80.4 Å². The largest absolute Gasteiger partial charge is 0.504 e. The van der Waals surface area contributed by atoms with Crippen LogP contribution in [-0.2, 0) is 13.0 Å². The van der Waals surface area contributed by atoms with Crippen molar-refractivity contribution in [1.29, 1.82) is 0 Å². The third kappa shape index (κ3) is 3.96. The van der Waals surface area contributed by atoms with Crippen molar-refractivity contribution < 1.29 is 14.4 Å². The second-order valence-electron chi connectivity index (χ2n) is 4.39. The van der Waals surface area contributed by atoms with E-state index in [2.05, 4.69) is 15.5 Å². The highest BCUT2D eigenvalue weighted by Gasteiger charge is 2.04. The lowest BCUT2D eigenvalue weighted by Gasteiger charge is -2.09. The number of phenolic OH excluding ortho intramolecular Hbond substituents is 1. The average Bonchev–Trinajstić information content (AvgIpc) is 2.84. The zero-order chi connectivity index (χ0) is 14.4. The van der Waals surface area contributed by atoms with Crippen molar-refractivity contribution in [2.75, 3.05) is 13.2 Å². The van der Waals surface area contributed by atoms with Gasteiger partial charge >= 0.3 is 0 Å². The molecule has 0 bridgehead atoms. The predicted octanol–water partition coefficient (Wildman–Crippen LogP) is 1.81. The fourth-order valence-electron chi connectivity index (χ4n) is 1.82. The summed E-state index contributed by atoms with van der Waals surface area (Å²) >= 11 is 0. The van der Waals surface area contributed by atoms with E-state index in [4.69, 9.17) is 9.26 Å². The maximum atomic E-state index is 9.62. The SMILES string of the molecule is CCOc1cc(CNCCc2noc(C)n2)ccc1O. The molecule has 0 aliphatic carbocycles. The Labute approximate surface area is 117 Å². The Morgan fingerprint density at radius 1 is 1.40 bits per heavy atom. The number of hydrogen-bond acceptors (Lipinski definition) is 6. The molecular weight excluding hydrogens is 258 g/mol. The first-order valence-corrected chi connectivity index (χ1v) is 6.63. The van der Waals surface area contributed by atoms with Gasteiger partial charge in [-0.1, -0.05) is 11.2 Å². The summed E-state index contributed by atoms with van der Waals surface area (Å²) in [5.74, 6) is 1.97. The second-order valence-corrected chi connectivity index (χ2v) is 4.39. The van der Waals surface area contributed by atoms with Gasteiger partial charge < -0.3 is 19.7 Å². The Hall–Kier alpha value is -2.08. The van der Waals surface area contributed by atoms with Crippen molar-refractivity contribution in [3.05, 3.63) is 35.5 Å². The molecule has 0 radical (unpaired) electrons. The number of ether oxygens (including phenoxy) is 1. The van der Waals surface area contributed by atoms with E-state index < -0.39 is 0 Å². The normalized spacial score (nSPS) is 10.7. The van der Waals surface area contributed by atoms with Crippen molar-refractivity contribution >= 4 is 0 Å². The molecular formula is C14H19N3O3. The fourth-order valence-corrected chi connectivity index (χ4v) is 1.82. The van der Waals surface area contributed by atoms with Crippen LogP contribution in [0.25, 0.3) is 0 Å². The van der Waals surface area contributed by atoms with Crippen LogP contribution in [0, 0.1) is 6.92 Å². The summed E-state index contributed by atoms with van der Waals surface area (Å²) in [5, 5.41) is 16.7. The Morgan fingerprint density at radius 2 is 2.25 bits per heavy atom. The lowest BCUT2D eigenvalue weighted by Crippen LogP contribution is -2.17. The molecule has 1 aromatic carbocycles. The number of phenols is 1. The van der Waals surface area contributed by atoms with Gasteiger partial charge in [0, 0.05) is 26.4 Å². The van der Waals surface area contributed by atoms with E-state index in [0.717, 1.165) is 12.1 Å². The summed E-state index contributed by atoms with van der Waals surface area (Å²) in [4.78, 5) is 4.13. The van der Waals surface area contributed by atoms with Crippen molar-refractivity contribution in [1.82, 2.24) is 15.5 Å². The molecule has 0 saturated carbocycles. The first kappa shape index (κ1) is 14.3. The minimum absolute atomic E-state index is 0.165. The van der Waals surface area contributed by atoms with E-state index in [1.165, 1.54) is 0 Å². The summed E-state index contributed by atoms with van der Waals surface area (Å²) in [5.41, 5.74) is 1.05. The molecule has 1 aromatic heterocycles. The van der Waals surface area contributed by atoms with E-state index in [1.807, 2.05) is 19.1 Å². The highest BCUT2D eigenvalue weighted by atomic mass is 16.5. The Morgan fingerprint density at radius 3 is 2.95 bits per heavy atom. The van der Waals surface area contributed by atoms with E-state index in [-0.39, 0.29) is 5.75 Å². The second kappa shape index (κ2) is 6.91. The van der Waals surface area contributed by atoms with E-state index in [1.54, 1.807) is 13.0 Å². The lowest BCUT2D eigenvalue weighted by molar-refractivity contribution is 0.317. The van der Waals surface area contributed by atoms with Gasteiger partial charge in [0.25, 0.3) is 0 Å². The van der Waals surface area contributed by atoms with Gasteiger partial charge in [-0.15, -0.1) is 0 Å². The molecule has 0 aliphatic heterocycles. The Kier molecular flexibility index (Phi) is 4.95. The maximum Gasteiger partial charge on any atom is 0.223 e. The number of aromatic hydroxyl groups is 1. The minimum Gasteiger partial charge on any atom is -0.504 e. The van der Waals surface area contributed by atoms with Crippen LogP contribution in [0.15, 0.2) is 22.7 Å². The molecule has 2 N–H and O–H groups in total. The first-order valence-electron chi connectivity index (χ1n) is 6.63. The van der Waals surface area contributed by atoms with Gasteiger partial charge in [0.05, 0.1) is 6.61 Å². The van der Waals surface area contributed by atoms with Gasteiger partial charge in [0.1, 0.15) is 0 Å². The van der Waals surface area contributed by atoms with Crippen LogP contribution in [0.2, 0.25) is 0 Å². The number of benzene rings is 1. The van der Waals surface area contributed by atoms with E-state index >= 15 is 0 Å². The number of aryl methyl sites for hydroxylation is 1. The summed E-state index contributed by atoms with van der Waals surface area (Å²) < 4.78 is 10.2. The summed E-state index contributed by atoms with van der Waals surface area (Å²) in [6, 6.07) is 5.35. The van der Waals surface area contributed by atoms with Crippen LogP contribution in [0.5, 0.6) is 11.5 Å². The molecule has 0 saturated heterocycles. The van der Waals surface area contributed by atoms with Crippen LogP contribution >= 0.6 is 0 Å². The van der Waals surface area contributed by atoms with Crippen LogP contribution in [0.3, 0.4) is 0 Å². The molecule has 1 heterocycles. The molecule has 6 nitrogen and oxygen atoms in total. The number of nitrogens with zero attached hydrogens (tertiary/aromatic N) is 2. The van der Waals surface area contributed by atoms with Crippen LogP contribution < -0.4 is 10.1 Å². The first-order chi connectivity index (χ1) is 9.69. The molecule has 108 valence electrons. The van der Waals surface area contributed by atoms with E-state index in [9.17, 15) is 5.11 Å². The van der Waals surface area contributed by atoms with Crippen LogP contribution in [0.4, 0.5) is 0 Å². The zero-order valence-electron chi connectivity index (χ0n) is 11.7. The standard InChI is InChI=1S/C14H19N3O3/c1-3-19-13-8-11(4-5-12(13)18)9-15-7-6-14-16-10(2)20-17-14/h4-5,8,15,18H,3,6-7,9H2,1-2H3. The summed E-state index contributed by atoms with van der Waals surface area (Å²) in [7, 11) is 0. The molecule has 0 atom stereocenters. The minimum atomic E-state index is 0.165. The molecule has 0 spiro atoms. The lowest BCUT2D eigenvalue weighted by atomic mass is 10.2. The van der Waals surface area contributed by atoms with Gasteiger partial charge in [0.2, 0.25) is 5.89 Å². The third-order valence-corrected chi connectivity index (χ3v) is 2.75. The van der Waals surface area contributed by atoms with E-state index in [0.29, 0.717) is 37.0 Å².